The number of amides is 1. The van der Waals surface area contributed by atoms with E-state index in [2.05, 4.69) is 34.3 Å². The lowest BCUT2D eigenvalue weighted by Gasteiger charge is -2.20. The number of hydrogen-bond donors (Lipinski definition) is 1. The second kappa shape index (κ2) is 8.10. The Bertz CT molecular complexity index is 709. The minimum Gasteiger partial charge on any atom is -0.348 e. The Morgan fingerprint density at radius 2 is 1.76 bits per heavy atom. The normalized spacial score (nSPS) is 16.2. The zero-order valence-corrected chi connectivity index (χ0v) is 15.0. The molecule has 0 saturated carbocycles. The molecule has 132 valence electrons. The van der Waals surface area contributed by atoms with Gasteiger partial charge in [-0.15, -0.1) is 0 Å². The van der Waals surface area contributed by atoms with Gasteiger partial charge in [-0.1, -0.05) is 43.2 Å². The highest BCUT2D eigenvalue weighted by Crippen LogP contribution is 2.18. The van der Waals surface area contributed by atoms with Gasteiger partial charge < -0.3 is 10.2 Å². The van der Waals surface area contributed by atoms with Gasteiger partial charge in [0, 0.05) is 18.8 Å². The second-order valence-corrected chi connectivity index (χ2v) is 6.70. The molecule has 1 fully saturated rings. The van der Waals surface area contributed by atoms with Gasteiger partial charge in [0.1, 0.15) is 5.69 Å². The molecule has 2 aromatic rings. The van der Waals surface area contributed by atoms with Gasteiger partial charge in [0.25, 0.3) is 5.91 Å². The van der Waals surface area contributed by atoms with Gasteiger partial charge in [-0.2, -0.15) is 0 Å². The number of nitrogens with one attached hydrogen (secondary N) is 1. The fourth-order valence-corrected chi connectivity index (χ4v) is 3.20. The Balaban J connectivity index is 1.76. The molecule has 0 spiro atoms. The molecule has 0 radical (unpaired) electrons. The Kier molecular flexibility index (Phi) is 5.64. The monoisotopic (exact) mass is 338 g/mol. The van der Waals surface area contributed by atoms with E-state index < -0.39 is 0 Å². The minimum atomic E-state index is 0.0165. The number of carbonyl (C=O) groups excluding carboxylic acids is 1. The van der Waals surface area contributed by atoms with Crippen molar-refractivity contribution in [3.05, 3.63) is 53.3 Å². The van der Waals surface area contributed by atoms with Crippen molar-refractivity contribution in [1.82, 2.24) is 14.9 Å². The van der Waals surface area contributed by atoms with Crippen molar-refractivity contribution in [2.75, 3.05) is 18.4 Å². The Labute approximate surface area is 149 Å². The predicted octanol–water partition coefficient (Wildman–Crippen LogP) is 3.97. The van der Waals surface area contributed by atoms with E-state index in [-0.39, 0.29) is 11.9 Å². The van der Waals surface area contributed by atoms with Crippen LogP contribution in [-0.4, -0.2) is 33.9 Å². The maximum atomic E-state index is 12.8. The van der Waals surface area contributed by atoms with Crippen LogP contribution >= 0.6 is 0 Å². The lowest BCUT2D eigenvalue weighted by atomic mass is 10.1. The van der Waals surface area contributed by atoms with E-state index in [0.717, 1.165) is 37.2 Å². The highest BCUT2D eigenvalue weighted by atomic mass is 16.2. The molecule has 25 heavy (non-hydrogen) atoms. The number of likely N-dealkylation sites (tertiary alicyclic amines) is 1. The summed E-state index contributed by atoms with van der Waals surface area (Å²) in [6.45, 7) is 5.62. The van der Waals surface area contributed by atoms with Crippen molar-refractivity contribution in [3.8, 4) is 0 Å². The maximum Gasteiger partial charge on any atom is 0.272 e. The van der Waals surface area contributed by atoms with Crippen LogP contribution in [-0.2, 0) is 0 Å². The first-order valence-electron chi connectivity index (χ1n) is 9.10. The highest BCUT2D eigenvalue weighted by molar-refractivity contribution is 5.92. The van der Waals surface area contributed by atoms with Gasteiger partial charge >= 0.3 is 0 Å². The SMILES string of the molecule is Cc1cc(C(=O)N2CCCCCC2)nc(NC(C)c2ccccc2)n1. The van der Waals surface area contributed by atoms with Crippen molar-refractivity contribution in [1.29, 1.82) is 0 Å². The zero-order valence-electron chi connectivity index (χ0n) is 15.0. The largest absolute Gasteiger partial charge is 0.348 e. The van der Waals surface area contributed by atoms with Crippen LogP contribution in [0.5, 0.6) is 0 Å². The molecule has 5 nitrogen and oxygen atoms in total. The van der Waals surface area contributed by atoms with E-state index in [1.807, 2.05) is 30.0 Å². The van der Waals surface area contributed by atoms with Gasteiger partial charge in [-0.3, -0.25) is 4.79 Å². The lowest BCUT2D eigenvalue weighted by molar-refractivity contribution is 0.0755. The third-order valence-corrected chi connectivity index (χ3v) is 4.61. The fourth-order valence-electron chi connectivity index (χ4n) is 3.20. The summed E-state index contributed by atoms with van der Waals surface area (Å²) in [7, 11) is 0. The van der Waals surface area contributed by atoms with Crippen LogP contribution in [0.3, 0.4) is 0 Å². The first-order chi connectivity index (χ1) is 12.1. The number of benzene rings is 1. The molecule has 1 aliphatic rings. The zero-order chi connectivity index (χ0) is 17.6. The van der Waals surface area contributed by atoms with Gasteiger partial charge in [0.15, 0.2) is 0 Å². The molecule has 0 aliphatic carbocycles. The maximum absolute atomic E-state index is 12.8. The topological polar surface area (TPSA) is 58.1 Å². The molecular weight excluding hydrogens is 312 g/mol. The van der Waals surface area contributed by atoms with Crippen molar-refractivity contribution < 1.29 is 4.79 Å². The number of rotatable bonds is 4. The molecule has 1 unspecified atom stereocenters. The van der Waals surface area contributed by atoms with E-state index in [9.17, 15) is 4.79 Å². The first kappa shape index (κ1) is 17.4. The van der Waals surface area contributed by atoms with Crippen molar-refractivity contribution in [2.24, 2.45) is 0 Å². The molecule has 3 rings (SSSR count). The third-order valence-electron chi connectivity index (χ3n) is 4.61. The second-order valence-electron chi connectivity index (χ2n) is 6.70. The smallest absolute Gasteiger partial charge is 0.272 e. The summed E-state index contributed by atoms with van der Waals surface area (Å²) >= 11 is 0. The Morgan fingerprint density at radius 1 is 1.08 bits per heavy atom. The number of anilines is 1. The lowest BCUT2D eigenvalue weighted by Crippen LogP contribution is -2.32. The number of carbonyl (C=O) groups is 1. The minimum absolute atomic E-state index is 0.0165. The number of aromatic nitrogens is 2. The van der Waals surface area contributed by atoms with Crippen molar-refractivity contribution in [3.63, 3.8) is 0 Å². The summed E-state index contributed by atoms with van der Waals surface area (Å²) in [5.41, 5.74) is 2.45. The molecular formula is C20H26N4O. The van der Waals surface area contributed by atoms with Crippen LogP contribution in [0.1, 0.15) is 60.4 Å². The van der Waals surface area contributed by atoms with E-state index in [0.29, 0.717) is 11.6 Å². The first-order valence-corrected chi connectivity index (χ1v) is 9.10. The van der Waals surface area contributed by atoms with Crippen LogP contribution in [0.2, 0.25) is 0 Å². The van der Waals surface area contributed by atoms with Crippen LogP contribution in [0.15, 0.2) is 36.4 Å². The third kappa shape index (κ3) is 4.56. The summed E-state index contributed by atoms with van der Waals surface area (Å²) in [5, 5.41) is 3.32. The van der Waals surface area contributed by atoms with Crippen LogP contribution in [0.25, 0.3) is 0 Å². The number of nitrogens with zero attached hydrogens (tertiary/aromatic N) is 3. The van der Waals surface area contributed by atoms with E-state index in [4.69, 9.17) is 0 Å². The summed E-state index contributed by atoms with van der Waals surface area (Å²) in [4.78, 5) is 23.7. The van der Waals surface area contributed by atoms with E-state index >= 15 is 0 Å². The van der Waals surface area contributed by atoms with Gasteiger partial charge in [-0.25, -0.2) is 9.97 Å². The molecule has 1 saturated heterocycles. The van der Waals surface area contributed by atoms with Gasteiger partial charge in [0.05, 0.1) is 6.04 Å². The summed E-state index contributed by atoms with van der Waals surface area (Å²) in [6.07, 6.45) is 4.56. The molecule has 1 amide bonds. The summed E-state index contributed by atoms with van der Waals surface area (Å²) < 4.78 is 0. The van der Waals surface area contributed by atoms with Crippen molar-refractivity contribution in [2.45, 2.75) is 45.6 Å². The predicted molar refractivity (Wildman–Crippen MR) is 99.6 cm³/mol. The Hall–Kier alpha value is -2.43. The summed E-state index contributed by atoms with van der Waals surface area (Å²) in [6, 6.07) is 12.0. The summed E-state index contributed by atoms with van der Waals surface area (Å²) in [5.74, 6) is 0.525. The van der Waals surface area contributed by atoms with E-state index in [1.165, 1.54) is 12.8 Å². The standard InChI is InChI=1S/C20H26N4O/c1-15-14-18(19(25)24-12-8-3-4-9-13-24)23-20(21-15)22-16(2)17-10-6-5-7-11-17/h5-7,10-11,14,16H,3-4,8-9,12-13H2,1-2H3,(H,21,22,23). The molecule has 1 aromatic carbocycles. The van der Waals surface area contributed by atoms with Crippen LogP contribution in [0.4, 0.5) is 5.95 Å². The quantitative estimate of drug-likeness (QED) is 0.916. The molecule has 2 heterocycles. The highest BCUT2D eigenvalue weighted by Gasteiger charge is 2.20. The van der Waals surface area contributed by atoms with Gasteiger partial charge in [-0.05, 0) is 38.3 Å². The number of hydrogen-bond acceptors (Lipinski definition) is 4. The fraction of sp³-hybridized carbons (Fsp3) is 0.450. The Morgan fingerprint density at radius 3 is 2.44 bits per heavy atom. The molecule has 1 aromatic heterocycles. The molecule has 0 bridgehead atoms. The average molecular weight is 338 g/mol. The average Bonchev–Trinajstić information content (AvgIpc) is 2.90. The van der Waals surface area contributed by atoms with Crippen LogP contribution < -0.4 is 5.32 Å². The van der Waals surface area contributed by atoms with E-state index in [1.54, 1.807) is 6.07 Å². The molecule has 1 atom stereocenters. The number of aryl methyl sites for hydroxylation is 1. The van der Waals surface area contributed by atoms with Crippen molar-refractivity contribution >= 4 is 11.9 Å². The molecule has 1 aliphatic heterocycles. The molecule has 5 heteroatoms. The molecule has 1 N–H and O–H groups in total. The van der Waals surface area contributed by atoms with Crippen LogP contribution in [0, 0.1) is 6.92 Å². The van der Waals surface area contributed by atoms with Gasteiger partial charge in [0.2, 0.25) is 5.95 Å².